The largest absolute Gasteiger partial charge is 0.415 e. The van der Waals surface area contributed by atoms with Crippen LogP contribution in [-0.2, 0) is 6.18 Å². The van der Waals surface area contributed by atoms with E-state index in [0.717, 1.165) is 34.8 Å². The van der Waals surface area contributed by atoms with Gasteiger partial charge in [0.2, 0.25) is 0 Å². The van der Waals surface area contributed by atoms with Gasteiger partial charge in [-0.1, -0.05) is 29.8 Å². The van der Waals surface area contributed by atoms with Crippen LogP contribution < -0.4 is 4.57 Å². The molecule has 0 unspecified atom stereocenters. The van der Waals surface area contributed by atoms with E-state index in [9.17, 15) is 13.2 Å². The van der Waals surface area contributed by atoms with Crippen LogP contribution in [0.2, 0.25) is 0 Å². The lowest BCUT2D eigenvalue weighted by Crippen LogP contribution is -2.32. The average molecular weight is 330 g/mol. The molecule has 3 rings (SSSR count). The van der Waals surface area contributed by atoms with Crippen LogP contribution in [-0.4, -0.2) is 4.57 Å². The molecule has 2 nitrogen and oxygen atoms in total. The first kappa shape index (κ1) is 16.3. The number of rotatable bonds is 2. The van der Waals surface area contributed by atoms with E-state index in [0.29, 0.717) is 5.69 Å². The Hall–Kier alpha value is -2.56. The lowest BCUT2D eigenvalue weighted by Gasteiger charge is -2.09. The first-order chi connectivity index (χ1) is 11.3. The van der Waals surface area contributed by atoms with Gasteiger partial charge in [-0.3, -0.25) is 9.13 Å². The van der Waals surface area contributed by atoms with Crippen LogP contribution in [0.25, 0.3) is 11.4 Å². The maximum Gasteiger partial charge on any atom is 0.415 e. The summed E-state index contributed by atoms with van der Waals surface area (Å²) < 4.78 is 42.4. The summed E-state index contributed by atoms with van der Waals surface area (Å²) in [6.07, 6.45) is -1.21. The van der Waals surface area contributed by atoms with E-state index >= 15 is 0 Å². The Morgan fingerprint density at radius 1 is 0.958 bits per heavy atom. The van der Waals surface area contributed by atoms with Crippen molar-refractivity contribution >= 4 is 0 Å². The number of hydrogen-bond acceptors (Lipinski definition) is 0. The molecular weight excluding hydrogens is 313 g/mol. The van der Waals surface area contributed by atoms with Crippen molar-refractivity contribution in [1.82, 2.24) is 4.57 Å². The normalized spacial score (nSPS) is 11.8. The van der Waals surface area contributed by atoms with Gasteiger partial charge in [0.05, 0.1) is 28.3 Å². The fraction of sp³-hybridized carbons (Fsp3) is 0.211. The molecule has 3 aromatic rings. The molecule has 5 heteroatoms. The number of halogens is 3. The maximum absolute atomic E-state index is 13.0. The van der Waals surface area contributed by atoms with Crippen LogP contribution in [0.4, 0.5) is 13.2 Å². The highest BCUT2D eigenvalue weighted by atomic mass is 19.4. The monoisotopic (exact) mass is 330 g/mol. The van der Waals surface area contributed by atoms with Gasteiger partial charge in [0, 0.05) is 0 Å². The number of imidazole rings is 1. The van der Waals surface area contributed by atoms with Gasteiger partial charge in [0.25, 0.3) is 6.33 Å². The Morgan fingerprint density at radius 3 is 2.33 bits per heavy atom. The van der Waals surface area contributed by atoms with Gasteiger partial charge in [-0.2, -0.15) is 13.2 Å². The molecule has 0 aliphatic carbocycles. The summed E-state index contributed by atoms with van der Waals surface area (Å²) in [5, 5.41) is 0. The zero-order chi connectivity index (χ0) is 17.5. The zero-order valence-corrected chi connectivity index (χ0v) is 13.6. The number of nitrogens with zero attached hydrogens (tertiary/aromatic N) is 2. The summed E-state index contributed by atoms with van der Waals surface area (Å²) >= 11 is 0. The molecular formula is C19H17F3N2. The number of benzene rings is 2. The van der Waals surface area contributed by atoms with Crippen molar-refractivity contribution in [3.8, 4) is 11.4 Å². The highest BCUT2D eigenvalue weighted by molar-refractivity contribution is 5.38. The highest BCUT2D eigenvalue weighted by Gasteiger charge is 2.30. The molecule has 1 heterocycles. The number of hydrogen-bond donors (Lipinski definition) is 0. The molecule has 0 bridgehead atoms. The fourth-order valence-corrected chi connectivity index (χ4v) is 2.66. The van der Waals surface area contributed by atoms with E-state index < -0.39 is 11.7 Å². The minimum Gasteiger partial charge on any atom is -0.296 e. The van der Waals surface area contributed by atoms with E-state index in [2.05, 4.69) is 6.33 Å². The Morgan fingerprint density at radius 2 is 1.67 bits per heavy atom. The highest BCUT2D eigenvalue weighted by Crippen LogP contribution is 2.29. The summed E-state index contributed by atoms with van der Waals surface area (Å²) in [4.78, 5) is 0. The summed E-state index contributed by atoms with van der Waals surface area (Å²) in [6, 6.07) is 13.2. The van der Waals surface area contributed by atoms with E-state index in [4.69, 9.17) is 0 Å². The van der Waals surface area contributed by atoms with E-state index in [1.807, 2.05) is 49.6 Å². The van der Waals surface area contributed by atoms with Gasteiger partial charge < -0.3 is 0 Å². The second kappa shape index (κ2) is 5.82. The lowest BCUT2D eigenvalue weighted by atomic mass is 10.2. The third-order valence-electron chi connectivity index (χ3n) is 4.09. The molecule has 0 aliphatic rings. The van der Waals surface area contributed by atoms with Crippen LogP contribution in [0.5, 0.6) is 0 Å². The Labute approximate surface area is 138 Å². The van der Waals surface area contributed by atoms with Crippen molar-refractivity contribution in [2.75, 3.05) is 0 Å². The molecule has 0 saturated heterocycles. The second-order valence-electron chi connectivity index (χ2n) is 5.83. The van der Waals surface area contributed by atoms with Crippen LogP contribution >= 0.6 is 0 Å². The number of aryl methyl sites for hydroxylation is 1. The summed E-state index contributed by atoms with van der Waals surface area (Å²) in [5.74, 6) is 0. The van der Waals surface area contributed by atoms with Crippen LogP contribution in [0, 0.1) is 27.1 Å². The van der Waals surface area contributed by atoms with E-state index in [1.54, 1.807) is 10.6 Å². The SMILES string of the molecule is Cc1cccc(-n2[c-][n+](-c3cccc(C(F)(F)F)c3)c(C)c2C)c1. The Bertz CT molecular complexity index is 892. The first-order valence-corrected chi connectivity index (χ1v) is 7.55. The molecule has 124 valence electrons. The second-order valence-corrected chi connectivity index (χ2v) is 5.83. The molecule has 0 radical (unpaired) electrons. The van der Waals surface area contributed by atoms with Crippen LogP contribution in [0.3, 0.4) is 0 Å². The standard InChI is InChI=1S/C19H17F3N2/c1-13-6-4-8-17(10-13)23-12-24(15(3)14(23)2)18-9-5-7-16(11-18)19(20,21)22/h4-11H,1-3H3. The molecule has 0 N–H and O–H groups in total. The number of aromatic nitrogens is 2. The molecule has 0 fully saturated rings. The summed E-state index contributed by atoms with van der Waals surface area (Å²) in [5.41, 5.74) is 3.59. The topological polar surface area (TPSA) is 8.81 Å². The van der Waals surface area contributed by atoms with Crippen LogP contribution in [0.15, 0.2) is 48.5 Å². The Balaban J connectivity index is 2.13. The smallest absolute Gasteiger partial charge is 0.296 e. The molecule has 0 spiro atoms. The Kier molecular flexibility index (Phi) is 3.95. The van der Waals surface area contributed by atoms with Crippen molar-refractivity contribution in [1.29, 1.82) is 0 Å². The molecule has 1 aromatic heterocycles. The van der Waals surface area contributed by atoms with Gasteiger partial charge in [0.15, 0.2) is 0 Å². The predicted octanol–water partition coefficient (Wildman–Crippen LogP) is 4.50. The summed E-state index contributed by atoms with van der Waals surface area (Å²) in [7, 11) is 0. The first-order valence-electron chi connectivity index (χ1n) is 7.55. The van der Waals surface area contributed by atoms with Crippen molar-refractivity contribution in [3.63, 3.8) is 0 Å². The minimum atomic E-state index is -4.36. The average Bonchev–Trinajstić information content (AvgIpc) is 2.83. The van der Waals surface area contributed by atoms with Gasteiger partial charge in [-0.25, -0.2) is 0 Å². The van der Waals surface area contributed by atoms with Crippen LogP contribution in [0.1, 0.15) is 22.5 Å². The van der Waals surface area contributed by atoms with E-state index in [-0.39, 0.29) is 0 Å². The zero-order valence-electron chi connectivity index (χ0n) is 13.6. The molecule has 0 atom stereocenters. The molecule has 0 saturated carbocycles. The van der Waals surface area contributed by atoms with Gasteiger partial charge in [-0.15, -0.1) is 0 Å². The maximum atomic E-state index is 13.0. The molecule has 24 heavy (non-hydrogen) atoms. The molecule has 0 aliphatic heterocycles. The van der Waals surface area contributed by atoms with Crippen molar-refractivity contribution < 1.29 is 17.7 Å². The van der Waals surface area contributed by atoms with Gasteiger partial charge in [-0.05, 0) is 45.0 Å². The summed E-state index contributed by atoms with van der Waals surface area (Å²) in [6.45, 7) is 5.80. The third kappa shape index (κ3) is 2.94. The predicted molar refractivity (Wildman–Crippen MR) is 85.4 cm³/mol. The van der Waals surface area contributed by atoms with Crippen molar-refractivity contribution in [2.45, 2.75) is 26.9 Å². The quantitative estimate of drug-likeness (QED) is 0.483. The van der Waals surface area contributed by atoms with Gasteiger partial charge >= 0.3 is 6.18 Å². The third-order valence-corrected chi connectivity index (χ3v) is 4.09. The number of alkyl halides is 3. The fourth-order valence-electron chi connectivity index (χ4n) is 2.66. The van der Waals surface area contributed by atoms with Crippen molar-refractivity contribution in [2.24, 2.45) is 0 Å². The molecule has 2 aromatic carbocycles. The minimum absolute atomic E-state index is 0.442. The molecule has 0 amide bonds. The van der Waals surface area contributed by atoms with E-state index in [1.165, 1.54) is 6.07 Å². The van der Waals surface area contributed by atoms with Crippen molar-refractivity contribution in [3.05, 3.63) is 77.4 Å². The van der Waals surface area contributed by atoms with Gasteiger partial charge in [0.1, 0.15) is 0 Å². The lowest BCUT2D eigenvalue weighted by molar-refractivity contribution is -0.606.